The molecule has 2 saturated heterocycles. The van der Waals surface area contributed by atoms with Gasteiger partial charge in [-0.05, 0) is 43.1 Å². The maximum Gasteiger partial charge on any atom is 0.416 e. The second kappa shape index (κ2) is 7.21. The number of aromatic nitrogens is 2. The maximum absolute atomic E-state index is 13.3. The molecule has 2 aliphatic heterocycles. The number of alkyl halides is 3. The molecule has 4 rings (SSSR count). The van der Waals surface area contributed by atoms with E-state index in [1.54, 1.807) is 4.90 Å². The standard InChI is InChI=1S/C19H21ClF3N5O/c20-14-1-2-16(19(21,22)23)13(7-14)9-26-5-3-18(11-26)4-6-27(12-18)17(29)28-10-15(24)8-25-28/h1-2,7-8,10H,3-6,9,11-12,24H2. The molecule has 1 unspecified atom stereocenters. The average molecular weight is 428 g/mol. The van der Waals surface area contributed by atoms with E-state index < -0.39 is 11.7 Å². The average Bonchev–Trinajstić information content (AvgIpc) is 3.35. The summed E-state index contributed by atoms with van der Waals surface area (Å²) in [6.45, 7) is 2.66. The number of hydrogen-bond acceptors (Lipinski definition) is 4. The van der Waals surface area contributed by atoms with Crippen LogP contribution in [-0.4, -0.2) is 51.8 Å². The van der Waals surface area contributed by atoms with Gasteiger partial charge in [-0.15, -0.1) is 0 Å². The van der Waals surface area contributed by atoms with E-state index in [2.05, 4.69) is 5.10 Å². The molecule has 3 heterocycles. The van der Waals surface area contributed by atoms with Gasteiger partial charge in [0.25, 0.3) is 0 Å². The Morgan fingerprint density at radius 2 is 2.00 bits per heavy atom. The topological polar surface area (TPSA) is 67.4 Å². The quantitative estimate of drug-likeness (QED) is 0.793. The molecule has 2 N–H and O–H groups in total. The van der Waals surface area contributed by atoms with Crippen LogP contribution in [0, 0.1) is 5.41 Å². The van der Waals surface area contributed by atoms with E-state index in [1.807, 2.05) is 4.90 Å². The normalized spacial score (nSPS) is 22.7. The second-order valence-corrected chi connectivity index (χ2v) is 8.37. The molecule has 1 amide bonds. The highest BCUT2D eigenvalue weighted by atomic mass is 35.5. The molecule has 2 aliphatic rings. The zero-order chi connectivity index (χ0) is 20.8. The number of rotatable bonds is 2. The SMILES string of the molecule is Nc1cnn(C(=O)N2CCC3(CCN(Cc4cc(Cl)ccc4C(F)(F)F)C3)C2)c1. The lowest BCUT2D eigenvalue weighted by molar-refractivity contribution is -0.138. The van der Waals surface area contributed by atoms with E-state index in [4.69, 9.17) is 17.3 Å². The monoisotopic (exact) mass is 427 g/mol. The molecular weight excluding hydrogens is 407 g/mol. The Hall–Kier alpha value is -2.26. The van der Waals surface area contributed by atoms with Gasteiger partial charge in [0, 0.05) is 36.6 Å². The van der Waals surface area contributed by atoms with Gasteiger partial charge >= 0.3 is 12.2 Å². The van der Waals surface area contributed by atoms with Gasteiger partial charge in [-0.1, -0.05) is 11.6 Å². The van der Waals surface area contributed by atoms with Crippen molar-refractivity contribution < 1.29 is 18.0 Å². The molecule has 1 atom stereocenters. The number of nitrogen functional groups attached to an aromatic ring is 1. The minimum atomic E-state index is -4.42. The number of benzene rings is 1. The summed E-state index contributed by atoms with van der Waals surface area (Å²) in [4.78, 5) is 16.3. The number of likely N-dealkylation sites (tertiary alicyclic amines) is 2. The highest BCUT2D eigenvalue weighted by molar-refractivity contribution is 6.30. The molecule has 29 heavy (non-hydrogen) atoms. The summed E-state index contributed by atoms with van der Waals surface area (Å²) in [6.07, 6.45) is 0.128. The zero-order valence-electron chi connectivity index (χ0n) is 15.6. The van der Waals surface area contributed by atoms with Crippen molar-refractivity contribution in [2.75, 3.05) is 31.9 Å². The van der Waals surface area contributed by atoms with Crippen molar-refractivity contribution in [2.45, 2.75) is 25.6 Å². The number of halogens is 4. The molecule has 1 spiro atoms. The zero-order valence-corrected chi connectivity index (χ0v) is 16.4. The van der Waals surface area contributed by atoms with E-state index in [-0.39, 0.29) is 28.6 Å². The third-order valence-electron chi connectivity index (χ3n) is 5.79. The molecule has 1 aromatic carbocycles. The van der Waals surface area contributed by atoms with Crippen LogP contribution in [0.4, 0.5) is 23.7 Å². The molecule has 0 radical (unpaired) electrons. The van der Waals surface area contributed by atoms with Crippen LogP contribution < -0.4 is 5.73 Å². The Labute approximate surface area is 171 Å². The maximum atomic E-state index is 13.3. The number of anilines is 1. The lowest BCUT2D eigenvalue weighted by atomic mass is 9.86. The van der Waals surface area contributed by atoms with E-state index >= 15 is 0 Å². The van der Waals surface area contributed by atoms with Crippen LogP contribution in [0.25, 0.3) is 0 Å². The molecule has 2 fully saturated rings. The molecule has 1 aromatic heterocycles. The van der Waals surface area contributed by atoms with Crippen molar-refractivity contribution in [1.82, 2.24) is 19.6 Å². The Kier molecular flexibility index (Phi) is 4.98. The summed E-state index contributed by atoms with van der Waals surface area (Å²) in [5, 5.41) is 4.25. The lowest BCUT2D eigenvalue weighted by Crippen LogP contribution is -2.36. The van der Waals surface area contributed by atoms with Crippen LogP contribution in [0.1, 0.15) is 24.0 Å². The Morgan fingerprint density at radius 3 is 2.69 bits per heavy atom. The Morgan fingerprint density at radius 1 is 1.24 bits per heavy atom. The predicted octanol–water partition coefficient (Wildman–Crippen LogP) is 3.70. The highest BCUT2D eigenvalue weighted by Crippen LogP contribution is 2.41. The van der Waals surface area contributed by atoms with Gasteiger partial charge in [0.2, 0.25) is 0 Å². The molecule has 156 valence electrons. The smallest absolute Gasteiger partial charge is 0.396 e. The van der Waals surface area contributed by atoms with Crippen molar-refractivity contribution in [1.29, 1.82) is 0 Å². The van der Waals surface area contributed by atoms with Gasteiger partial charge in [-0.3, -0.25) is 4.90 Å². The number of carbonyl (C=O) groups excluding carboxylic acids is 1. The Balaban J connectivity index is 1.44. The largest absolute Gasteiger partial charge is 0.416 e. The third-order valence-corrected chi connectivity index (χ3v) is 6.03. The van der Waals surface area contributed by atoms with Gasteiger partial charge in [0.15, 0.2) is 0 Å². The molecule has 0 bridgehead atoms. The summed E-state index contributed by atoms with van der Waals surface area (Å²) in [5.41, 5.74) is 5.47. The minimum Gasteiger partial charge on any atom is -0.396 e. The highest BCUT2D eigenvalue weighted by Gasteiger charge is 2.45. The van der Waals surface area contributed by atoms with Crippen molar-refractivity contribution in [2.24, 2.45) is 5.41 Å². The fourth-order valence-electron chi connectivity index (χ4n) is 4.39. The summed E-state index contributed by atoms with van der Waals surface area (Å²) in [7, 11) is 0. The van der Waals surface area contributed by atoms with Crippen LogP contribution in [0.5, 0.6) is 0 Å². The number of nitrogens with zero attached hydrogens (tertiary/aromatic N) is 4. The molecular formula is C19H21ClF3N5O. The second-order valence-electron chi connectivity index (χ2n) is 7.93. The molecule has 0 aliphatic carbocycles. The fourth-order valence-corrected chi connectivity index (χ4v) is 4.59. The van der Waals surface area contributed by atoms with Crippen molar-refractivity contribution in [3.63, 3.8) is 0 Å². The van der Waals surface area contributed by atoms with Gasteiger partial charge in [0.1, 0.15) is 0 Å². The Bertz CT molecular complexity index is 931. The first kappa shape index (κ1) is 20.0. The number of carbonyl (C=O) groups is 1. The lowest BCUT2D eigenvalue weighted by Gasteiger charge is -2.25. The van der Waals surface area contributed by atoms with Gasteiger partial charge < -0.3 is 10.6 Å². The van der Waals surface area contributed by atoms with E-state index in [0.29, 0.717) is 31.9 Å². The first-order valence-electron chi connectivity index (χ1n) is 9.33. The molecule has 6 nitrogen and oxygen atoms in total. The van der Waals surface area contributed by atoms with Crippen LogP contribution in [-0.2, 0) is 12.7 Å². The van der Waals surface area contributed by atoms with Gasteiger partial charge in [0.05, 0.1) is 23.6 Å². The van der Waals surface area contributed by atoms with Crippen LogP contribution in [0.15, 0.2) is 30.6 Å². The van der Waals surface area contributed by atoms with E-state index in [9.17, 15) is 18.0 Å². The fraction of sp³-hybridized carbons (Fsp3) is 0.474. The number of amides is 1. The van der Waals surface area contributed by atoms with Crippen LogP contribution >= 0.6 is 11.6 Å². The number of hydrogen-bond donors (Lipinski definition) is 1. The summed E-state index contributed by atoms with van der Waals surface area (Å²) >= 11 is 5.94. The molecule has 0 saturated carbocycles. The summed E-state index contributed by atoms with van der Waals surface area (Å²) in [6, 6.07) is 3.46. The summed E-state index contributed by atoms with van der Waals surface area (Å²) in [5.74, 6) is 0. The van der Waals surface area contributed by atoms with E-state index in [0.717, 1.165) is 18.9 Å². The van der Waals surface area contributed by atoms with Gasteiger partial charge in [-0.25, -0.2) is 4.79 Å². The molecule has 10 heteroatoms. The van der Waals surface area contributed by atoms with Crippen molar-refractivity contribution >= 4 is 23.3 Å². The van der Waals surface area contributed by atoms with Crippen LogP contribution in [0.3, 0.4) is 0 Å². The van der Waals surface area contributed by atoms with Gasteiger partial charge in [-0.2, -0.15) is 23.0 Å². The van der Waals surface area contributed by atoms with E-state index in [1.165, 1.54) is 29.2 Å². The van der Waals surface area contributed by atoms with Crippen LogP contribution in [0.2, 0.25) is 5.02 Å². The predicted molar refractivity (Wildman–Crippen MR) is 102 cm³/mol. The third kappa shape index (κ3) is 4.06. The van der Waals surface area contributed by atoms with Crippen molar-refractivity contribution in [3.05, 3.63) is 46.7 Å². The molecule has 2 aromatic rings. The first-order chi connectivity index (χ1) is 13.7. The van der Waals surface area contributed by atoms with Crippen molar-refractivity contribution in [3.8, 4) is 0 Å². The first-order valence-corrected chi connectivity index (χ1v) is 9.70. The number of nitrogens with two attached hydrogens (primary N) is 1. The minimum absolute atomic E-state index is 0.106. The summed E-state index contributed by atoms with van der Waals surface area (Å²) < 4.78 is 41.2.